The Bertz CT molecular complexity index is 573. The van der Waals surface area contributed by atoms with Crippen LogP contribution in [0.2, 0.25) is 0 Å². The average molecular weight is 387 g/mol. The molecule has 2 aromatic rings. The Balaban J connectivity index is 2.04. The van der Waals surface area contributed by atoms with E-state index in [9.17, 15) is 5.11 Å². The van der Waals surface area contributed by atoms with Crippen LogP contribution in [0.5, 0.6) is 11.5 Å². The van der Waals surface area contributed by atoms with E-state index in [1.165, 1.54) is 0 Å². The molecule has 0 aliphatic rings. The SMILES string of the molecule is Cc1c(Br)cc(NCOc2ccccc2)c(O)c1Br. The zero-order valence-corrected chi connectivity index (χ0v) is 13.5. The third-order valence-corrected chi connectivity index (χ3v) is 4.46. The van der Waals surface area contributed by atoms with Gasteiger partial charge in [-0.25, -0.2) is 0 Å². The molecule has 100 valence electrons. The summed E-state index contributed by atoms with van der Waals surface area (Å²) >= 11 is 6.80. The van der Waals surface area contributed by atoms with Crippen molar-refractivity contribution in [2.45, 2.75) is 6.92 Å². The number of nitrogens with one attached hydrogen (secondary N) is 1. The van der Waals surface area contributed by atoms with Crippen molar-refractivity contribution in [2.75, 3.05) is 12.0 Å². The van der Waals surface area contributed by atoms with E-state index >= 15 is 0 Å². The Labute approximate surface area is 128 Å². The average Bonchev–Trinajstić information content (AvgIpc) is 2.43. The predicted molar refractivity (Wildman–Crippen MR) is 83.8 cm³/mol. The summed E-state index contributed by atoms with van der Waals surface area (Å²) in [5.74, 6) is 0.956. The summed E-state index contributed by atoms with van der Waals surface area (Å²) in [7, 11) is 0. The minimum atomic E-state index is 0.178. The number of hydrogen-bond acceptors (Lipinski definition) is 3. The fourth-order valence-corrected chi connectivity index (χ4v) is 2.67. The quantitative estimate of drug-likeness (QED) is 0.592. The monoisotopic (exact) mass is 385 g/mol. The summed E-state index contributed by atoms with van der Waals surface area (Å²) in [4.78, 5) is 0. The molecule has 19 heavy (non-hydrogen) atoms. The summed E-state index contributed by atoms with van der Waals surface area (Å²) in [5.41, 5.74) is 1.56. The molecule has 0 radical (unpaired) electrons. The van der Waals surface area contributed by atoms with Gasteiger partial charge in [0.1, 0.15) is 5.75 Å². The molecule has 2 aromatic carbocycles. The molecule has 0 aliphatic carbocycles. The van der Waals surface area contributed by atoms with Crippen molar-refractivity contribution in [3.63, 3.8) is 0 Å². The smallest absolute Gasteiger partial charge is 0.159 e. The molecule has 0 heterocycles. The maximum Gasteiger partial charge on any atom is 0.159 e. The highest BCUT2D eigenvalue weighted by Crippen LogP contribution is 2.39. The standard InChI is InChI=1S/C14H13Br2NO2/c1-9-11(15)7-12(14(18)13(9)16)17-8-19-10-5-3-2-4-6-10/h2-7,17-18H,8H2,1H3. The highest BCUT2D eigenvalue weighted by molar-refractivity contribution is 9.11. The summed E-state index contributed by atoms with van der Waals surface area (Å²) in [5, 5.41) is 13.1. The van der Waals surface area contributed by atoms with Crippen molar-refractivity contribution in [2.24, 2.45) is 0 Å². The number of rotatable bonds is 4. The van der Waals surface area contributed by atoms with Crippen LogP contribution in [0.15, 0.2) is 45.3 Å². The lowest BCUT2D eigenvalue weighted by molar-refractivity contribution is 0.345. The first-order valence-corrected chi connectivity index (χ1v) is 7.27. The minimum Gasteiger partial charge on any atom is -0.505 e. The fraction of sp³-hybridized carbons (Fsp3) is 0.143. The molecule has 0 atom stereocenters. The van der Waals surface area contributed by atoms with Crippen molar-refractivity contribution in [3.8, 4) is 11.5 Å². The number of aromatic hydroxyl groups is 1. The number of phenols is 1. The van der Waals surface area contributed by atoms with Gasteiger partial charge in [0.2, 0.25) is 0 Å². The molecule has 0 unspecified atom stereocenters. The van der Waals surface area contributed by atoms with Gasteiger partial charge in [0.15, 0.2) is 12.5 Å². The van der Waals surface area contributed by atoms with Gasteiger partial charge in [0, 0.05) is 4.47 Å². The largest absolute Gasteiger partial charge is 0.505 e. The van der Waals surface area contributed by atoms with Gasteiger partial charge < -0.3 is 15.2 Å². The molecule has 3 nitrogen and oxygen atoms in total. The van der Waals surface area contributed by atoms with E-state index in [-0.39, 0.29) is 12.5 Å². The molecule has 0 aliphatic heterocycles. The Hall–Kier alpha value is -1.20. The number of anilines is 1. The van der Waals surface area contributed by atoms with Gasteiger partial charge in [-0.2, -0.15) is 0 Å². The molecule has 0 bridgehead atoms. The van der Waals surface area contributed by atoms with Crippen LogP contribution in [0.25, 0.3) is 0 Å². The Kier molecular flexibility index (Phi) is 4.71. The predicted octanol–water partition coefficient (Wildman–Crippen LogP) is 4.67. The van der Waals surface area contributed by atoms with Crippen LogP contribution < -0.4 is 10.1 Å². The summed E-state index contributed by atoms with van der Waals surface area (Å²) in [6.45, 7) is 2.19. The van der Waals surface area contributed by atoms with E-state index in [1.54, 1.807) is 0 Å². The van der Waals surface area contributed by atoms with Crippen LogP contribution in [0.4, 0.5) is 5.69 Å². The van der Waals surface area contributed by atoms with Crippen molar-refractivity contribution >= 4 is 37.5 Å². The first kappa shape index (κ1) is 14.2. The number of hydrogen-bond donors (Lipinski definition) is 2. The molecule has 0 aromatic heterocycles. The topological polar surface area (TPSA) is 41.5 Å². The Morgan fingerprint density at radius 2 is 1.89 bits per heavy atom. The van der Waals surface area contributed by atoms with E-state index in [1.807, 2.05) is 43.3 Å². The summed E-state index contributed by atoms with van der Waals surface area (Å²) in [6.07, 6.45) is 0. The van der Waals surface area contributed by atoms with Crippen LogP contribution in [0.1, 0.15) is 5.56 Å². The Morgan fingerprint density at radius 1 is 1.21 bits per heavy atom. The lowest BCUT2D eigenvalue weighted by Crippen LogP contribution is -2.09. The third kappa shape index (κ3) is 3.42. The van der Waals surface area contributed by atoms with Crippen LogP contribution in [-0.4, -0.2) is 11.8 Å². The molecule has 2 rings (SSSR count). The van der Waals surface area contributed by atoms with Crippen LogP contribution in [-0.2, 0) is 0 Å². The molecule has 0 saturated heterocycles. The van der Waals surface area contributed by atoms with Crippen LogP contribution in [0.3, 0.4) is 0 Å². The molecule has 0 saturated carbocycles. The van der Waals surface area contributed by atoms with Crippen molar-refractivity contribution in [1.82, 2.24) is 0 Å². The lowest BCUT2D eigenvalue weighted by atomic mass is 10.2. The molecule has 0 spiro atoms. The maximum absolute atomic E-state index is 10.0. The molecular formula is C14H13Br2NO2. The molecule has 2 N–H and O–H groups in total. The second-order valence-electron chi connectivity index (χ2n) is 3.97. The van der Waals surface area contributed by atoms with Crippen LogP contribution >= 0.6 is 31.9 Å². The number of phenolic OH excluding ortho intramolecular Hbond substituents is 1. The second-order valence-corrected chi connectivity index (χ2v) is 5.62. The summed E-state index contributed by atoms with van der Waals surface area (Å²) in [6, 6.07) is 11.3. The van der Waals surface area contributed by atoms with Gasteiger partial charge in [-0.1, -0.05) is 34.1 Å². The lowest BCUT2D eigenvalue weighted by Gasteiger charge is -2.13. The first-order valence-electron chi connectivity index (χ1n) is 5.69. The molecule has 5 heteroatoms. The number of benzene rings is 2. The fourth-order valence-electron chi connectivity index (χ4n) is 1.55. The van der Waals surface area contributed by atoms with Crippen molar-refractivity contribution in [3.05, 3.63) is 50.9 Å². The van der Waals surface area contributed by atoms with Gasteiger partial charge in [0.25, 0.3) is 0 Å². The zero-order chi connectivity index (χ0) is 13.8. The van der Waals surface area contributed by atoms with E-state index < -0.39 is 0 Å². The maximum atomic E-state index is 10.0. The van der Waals surface area contributed by atoms with Gasteiger partial charge in [-0.05, 0) is 46.6 Å². The summed E-state index contributed by atoms with van der Waals surface area (Å²) < 4.78 is 7.11. The normalized spacial score (nSPS) is 10.3. The zero-order valence-electron chi connectivity index (χ0n) is 10.3. The Morgan fingerprint density at radius 3 is 2.58 bits per heavy atom. The molecule has 0 amide bonds. The van der Waals surface area contributed by atoms with Gasteiger partial charge in [-0.15, -0.1) is 0 Å². The number of halogens is 2. The molecular weight excluding hydrogens is 374 g/mol. The minimum absolute atomic E-state index is 0.178. The van der Waals surface area contributed by atoms with Crippen molar-refractivity contribution in [1.29, 1.82) is 0 Å². The van der Waals surface area contributed by atoms with Gasteiger partial charge in [-0.3, -0.25) is 0 Å². The second kappa shape index (κ2) is 6.30. The van der Waals surface area contributed by atoms with E-state index in [2.05, 4.69) is 37.2 Å². The molecule has 0 fully saturated rings. The number of ether oxygens (including phenoxy) is 1. The van der Waals surface area contributed by atoms with E-state index in [4.69, 9.17) is 4.74 Å². The first-order chi connectivity index (χ1) is 9.09. The highest BCUT2D eigenvalue weighted by Gasteiger charge is 2.11. The van der Waals surface area contributed by atoms with Crippen LogP contribution in [0, 0.1) is 6.92 Å². The van der Waals surface area contributed by atoms with Crippen molar-refractivity contribution < 1.29 is 9.84 Å². The van der Waals surface area contributed by atoms with Gasteiger partial charge in [0.05, 0.1) is 10.2 Å². The third-order valence-electron chi connectivity index (χ3n) is 2.67. The van der Waals surface area contributed by atoms with E-state index in [0.29, 0.717) is 10.2 Å². The van der Waals surface area contributed by atoms with Gasteiger partial charge >= 0.3 is 0 Å². The highest BCUT2D eigenvalue weighted by atomic mass is 79.9. The number of para-hydroxylation sites is 1. The van der Waals surface area contributed by atoms with E-state index in [0.717, 1.165) is 15.8 Å².